The van der Waals surface area contributed by atoms with E-state index in [1.54, 1.807) is 25.1 Å². The lowest BCUT2D eigenvalue weighted by molar-refractivity contribution is -0.122. The maximum Gasteiger partial charge on any atom is 0.265 e. The van der Waals surface area contributed by atoms with E-state index in [1.165, 1.54) is 0 Å². The highest BCUT2D eigenvalue weighted by atomic mass is 16.5. The van der Waals surface area contributed by atoms with E-state index in [4.69, 9.17) is 4.74 Å². The minimum absolute atomic E-state index is 0.153. The van der Waals surface area contributed by atoms with Gasteiger partial charge in [0, 0.05) is 16.9 Å². The Balaban J connectivity index is 1.50. The molecule has 0 unspecified atom stereocenters. The number of nitrogens with zero attached hydrogens (tertiary/aromatic N) is 2. The number of carbonyl (C=O) groups excluding carboxylic acids is 2. The normalized spacial score (nSPS) is 15.3. The maximum atomic E-state index is 12.6. The third-order valence-electron chi connectivity index (χ3n) is 4.97. The van der Waals surface area contributed by atoms with E-state index in [-0.39, 0.29) is 18.2 Å². The predicted molar refractivity (Wildman–Crippen MR) is 111 cm³/mol. The van der Waals surface area contributed by atoms with Gasteiger partial charge in [0.25, 0.3) is 5.91 Å². The Morgan fingerprint density at radius 1 is 1.21 bits per heavy atom. The number of benzene rings is 2. The van der Waals surface area contributed by atoms with Crippen LogP contribution in [-0.4, -0.2) is 27.7 Å². The lowest BCUT2D eigenvalue weighted by Gasteiger charge is -2.23. The monoisotopic (exact) mass is 390 g/mol. The highest BCUT2D eigenvalue weighted by molar-refractivity contribution is 5.99. The van der Waals surface area contributed by atoms with E-state index < -0.39 is 6.10 Å². The summed E-state index contributed by atoms with van der Waals surface area (Å²) in [5, 5.41) is 10.3. The van der Waals surface area contributed by atoms with Crippen LogP contribution >= 0.6 is 0 Å². The number of carbonyl (C=O) groups is 2. The molecule has 0 fully saturated rings. The highest BCUT2D eigenvalue weighted by Crippen LogP contribution is 2.32. The zero-order valence-electron chi connectivity index (χ0n) is 16.5. The second kappa shape index (κ2) is 7.43. The van der Waals surface area contributed by atoms with Crippen LogP contribution in [0.25, 0.3) is 5.69 Å². The Morgan fingerprint density at radius 2 is 1.97 bits per heavy atom. The molecule has 2 amide bonds. The number of nitrogens with one attached hydrogen (secondary N) is 2. The summed E-state index contributed by atoms with van der Waals surface area (Å²) >= 11 is 0. The molecule has 1 aromatic heterocycles. The van der Waals surface area contributed by atoms with Crippen molar-refractivity contribution >= 4 is 23.2 Å². The summed E-state index contributed by atoms with van der Waals surface area (Å²) in [6, 6.07) is 15.0. The first-order valence-electron chi connectivity index (χ1n) is 9.44. The van der Waals surface area contributed by atoms with E-state index in [0.29, 0.717) is 17.1 Å². The van der Waals surface area contributed by atoms with E-state index in [1.807, 2.05) is 48.9 Å². The van der Waals surface area contributed by atoms with Gasteiger partial charge in [-0.3, -0.25) is 9.59 Å². The summed E-state index contributed by atoms with van der Waals surface area (Å²) in [5.41, 5.74) is 4.76. The topological polar surface area (TPSA) is 85.3 Å². The van der Waals surface area contributed by atoms with E-state index in [9.17, 15) is 9.59 Å². The fraction of sp³-hybridized carbons (Fsp3) is 0.227. The van der Waals surface area contributed by atoms with Gasteiger partial charge < -0.3 is 15.4 Å². The van der Waals surface area contributed by atoms with Crippen LogP contribution in [0.4, 0.5) is 11.4 Å². The smallest absolute Gasteiger partial charge is 0.265 e. The number of anilines is 2. The molecule has 148 valence electrons. The minimum Gasteiger partial charge on any atom is -0.479 e. The maximum absolute atomic E-state index is 12.6. The van der Waals surface area contributed by atoms with Gasteiger partial charge in [-0.05, 0) is 51.1 Å². The van der Waals surface area contributed by atoms with Gasteiger partial charge in [0.05, 0.1) is 23.5 Å². The zero-order chi connectivity index (χ0) is 20.5. The first kappa shape index (κ1) is 18.7. The fourth-order valence-corrected chi connectivity index (χ4v) is 3.40. The molecular weight excluding hydrogens is 368 g/mol. The molecule has 29 heavy (non-hydrogen) atoms. The average Bonchev–Trinajstić information content (AvgIpc) is 2.98. The first-order valence-corrected chi connectivity index (χ1v) is 9.44. The fourth-order valence-electron chi connectivity index (χ4n) is 3.40. The number of para-hydroxylation sites is 1. The third-order valence-corrected chi connectivity index (χ3v) is 4.97. The standard InChI is InChI=1S/C22H22N4O3/c1-13-18(14(2)26(25-13)17-7-5-4-6-8-17)12-21(27)23-16-9-10-20-19(11-16)24-22(28)15(3)29-20/h4-11,15H,12H2,1-3H3,(H,23,27)(H,24,28)/t15-/m0/s1. The third kappa shape index (κ3) is 3.71. The number of aryl methyl sites for hydroxylation is 1. The van der Waals surface area contributed by atoms with Crippen molar-refractivity contribution in [3.63, 3.8) is 0 Å². The summed E-state index contributed by atoms with van der Waals surface area (Å²) in [7, 11) is 0. The molecule has 0 saturated carbocycles. The second-order valence-electron chi connectivity index (χ2n) is 7.08. The van der Waals surface area contributed by atoms with Gasteiger partial charge in [-0.2, -0.15) is 5.10 Å². The Bertz CT molecular complexity index is 1090. The number of fused-ring (bicyclic) bond motifs is 1. The Hall–Kier alpha value is -3.61. The van der Waals surface area contributed by atoms with Crippen molar-refractivity contribution in [1.82, 2.24) is 9.78 Å². The first-order chi connectivity index (χ1) is 13.9. The molecule has 7 heteroatoms. The number of hydrogen-bond acceptors (Lipinski definition) is 4. The van der Waals surface area contributed by atoms with Gasteiger partial charge in [0.2, 0.25) is 5.91 Å². The van der Waals surface area contributed by atoms with Gasteiger partial charge in [-0.1, -0.05) is 18.2 Å². The van der Waals surface area contributed by atoms with E-state index in [2.05, 4.69) is 15.7 Å². The number of amides is 2. The predicted octanol–water partition coefficient (Wildman–Crippen LogP) is 3.39. The molecule has 1 aliphatic rings. The molecule has 0 radical (unpaired) electrons. The molecule has 2 aromatic carbocycles. The Labute approximate surface area is 168 Å². The van der Waals surface area contributed by atoms with Crippen molar-refractivity contribution in [3.8, 4) is 11.4 Å². The van der Waals surface area contributed by atoms with Crippen LogP contribution in [0.2, 0.25) is 0 Å². The summed E-state index contributed by atoms with van der Waals surface area (Å²) < 4.78 is 7.39. The largest absolute Gasteiger partial charge is 0.479 e. The van der Waals surface area contributed by atoms with Crippen LogP contribution in [-0.2, 0) is 16.0 Å². The van der Waals surface area contributed by atoms with Gasteiger partial charge >= 0.3 is 0 Å². The summed E-state index contributed by atoms with van der Waals surface area (Å²) in [6.07, 6.45) is -0.323. The van der Waals surface area contributed by atoms with Crippen LogP contribution in [0.15, 0.2) is 48.5 Å². The molecule has 1 atom stereocenters. The molecule has 1 aliphatic heterocycles. The minimum atomic E-state index is -0.532. The van der Waals surface area contributed by atoms with Crippen molar-refractivity contribution in [2.24, 2.45) is 0 Å². The average molecular weight is 390 g/mol. The molecule has 0 bridgehead atoms. The van der Waals surface area contributed by atoms with Crippen molar-refractivity contribution in [2.45, 2.75) is 33.3 Å². The highest BCUT2D eigenvalue weighted by Gasteiger charge is 2.24. The quantitative estimate of drug-likeness (QED) is 0.715. The number of hydrogen-bond donors (Lipinski definition) is 2. The van der Waals surface area contributed by atoms with Gasteiger partial charge in [-0.25, -0.2) is 4.68 Å². The lowest BCUT2D eigenvalue weighted by atomic mass is 10.1. The van der Waals surface area contributed by atoms with Crippen LogP contribution in [0, 0.1) is 13.8 Å². The molecule has 0 aliphatic carbocycles. The molecule has 0 saturated heterocycles. The van der Waals surface area contributed by atoms with Crippen molar-refractivity contribution < 1.29 is 14.3 Å². The molecule has 2 N–H and O–H groups in total. The zero-order valence-corrected chi connectivity index (χ0v) is 16.5. The molecular formula is C22H22N4O3. The Morgan fingerprint density at radius 3 is 2.72 bits per heavy atom. The van der Waals surface area contributed by atoms with Crippen LogP contribution < -0.4 is 15.4 Å². The molecule has 7 nitrogen and oxygen atoms in total. The van der Waals surface area contributed by atoms with Gasteiger partial charge in [0.15, 0.2) is 6.10 Å². The summed E-state index contributed by atoms with van der Waals surface area (Å²) in [5.74, 6) is 0.228. The second-order valence-corrected chi connectivity index (χ2v) is 7.08. The lowest BCUT2D eigenvalue weighted by Crippen LogP contribution is -2.34. The van der Waals surface area contributed by atoms with Crippen molar-refractivity contribution in [3.05, 3.63) is 65.5 Å². The number of ether oxygens (including phenoxy) is 1. The van der Waals surface area contributed by atoms with Crippen molar-refractivity contribution in [1.29, 1.82) is 0 Å². The number of rotatable bonds is 4. The Kier molecular flexibility index (Phi) is 4.80. The van der Waals surface area contributed by atoms with Crippen LogP contribution in [0.5, 0.6) is 5.75 Å². The van der Waals surface area contributed by atoms with Gasteiger partial charge in [-0.15, -0.1) is 0 Å². The van der Waals surface area contributed by atoms with Crippen LogP contribution in [0.3, 0.4) is 0 Å². The van der Waals surface area contributed by atoms with E-state index in [0.717, 1.165) is 22.6 Å². The van der Waals surface area contributed by atoms with Crippen LogP contribution in [0.1, 0.15) is 23.9 Å². The summed E-state index contributed by atoms with van der Waals surface area (Å²) in [4.78, 5) is 24.4. The molecule has 0 spiro atoms. The summed E-state index contributed by atoms with van der Waals surface area (Å²) in [6.45, 7) is 5.55. The molecule has 3 aromatic rings. The number of aromatic nitrogens is 2. The SMILES string of the molecule is Cc1nn(-c2ccccc2)c(C)c1CC(=O)Nc1ccc2c(c1)NC(=O)[C@H](C)O2. The van der Waals surface area contributed by atoms with E-state index >= 15 is 0 Å². The van der Waals surface area contributed by atoms with Gasteiger partial charge in [0.1, 0.15) is 5.75 Å². The molecule has 4 rings (SSSR count). The van der Waals surface area contributed by atoms with Crippen molar-refractivity contribution in [2.75, 3.05) is 10.6 Å². The molecule has 2 heterocycles.